The minimum absolute atomic E-state index is 0.00523. The van der Waals surface area contributed by atoms with Crippen molar-refractivity contribution in [1.29, 1.82) is 0 Å². The van der Waals surface area contributed by atoms with E-state index in [0.29, 0.717) is 9.63 Å². The van der Waals surface area contributed by atoms with Crippen LogP contribution in [0.25, 0.3) is 0 Å². The van der Waals surface area contributed by atoms with Gasteiger partial charge >= 0.3 is 5.97 Å². The molecule has 6 nitrogen and oxygen atoms in total. The summed E-state index contributed by atoms with van der Waals surface area (Å²) in [6.45, 7) is 4.00. The Labute approximate surface area is 120 Å². The maximum Gasteiger partial charge on any atom is 0.355 e. The number of rotatable bonds is 3. The second-order valence-corrected chi connectivity index (χ2v) is 3.89. The van der Waals surface area contributed by atoms with Gasteiger partial charge in [0.1, 0.15) is 0 Å². The second kappa shape index (κ2) is 12.7. The lowest BCUT2D eigenvalue weighted by atomic mass is 10.4. The van der Waals surface area contributed by atoms with Crippen molar-refractivity contribution in [2.24, 2.45) is 0 Å². The lowest BCUT2D eigenvalue weighted by molar-refractivity contribution is 0.0688. The number of nitrogens with one attached hydrogen (secondary N) is 1. The molecule has 0 aliphatic rings. The van der Waals surface area contributed by atoms with Gasteiger partial charge in [0, 0.05) is 13.2 Å². The SMILES string of the molecule is CC.CNOC.CSc1ncc(Br)c(C(=O)O)n1. The maximum absolute atomic E-state index is 10.6. The molecule has 0 bridgehead atoms. The van der Waals surface area contributed by atoms with Crippen LogP contribution in [-0.2, 0) is 4.84 Å². The molecule has 0 unspecified atom stereocenters. The minimum Gasteiger partial charge on any atom is -0.476 e. The molecule has 1 heterocycles. The van der Waals surface area contributed by atoms with E-state index in [9.17, 15) is 4.79 Å². The first-order valence-corrected chi connectivity index (χ1v) is 7.08. The molecule has 0 amide bonds. The molecule has 0 atom stereocenters. The Morgan fingerprint density at radius 2 is 2.06 bits per heavy atom. The van der Waals surface area contributed by atoms with E-state index in [1.54, 1.807) is 20.4 Å². The molecule has 8 heteroatoms. The normalized spacial score (nSPS) is 8.56. The molecule has 0 saturated carbocycles. The second-order valence-electron chi connectivity index (χ2n) is 2.27. The third kappa shape index (κ3) is 8.40. The van der Waals surface area contributed by atoms with E-state index in [-0.39, 0.29) is 5.69 Å². The number of hydroxylamine groups is 1. The molecule has 2 N–H and O–H groups in total. The number of carboxylic acid groups (broad SMARTS) is 1. The van der Waals surface area contributed by atoms with Crippen LogP contribution < -0.4 is 5.48 Å². The van der Waals surface area contributed by atoms with Crippen molar-refractivity contribution in [3.05, 3.63) is 16.4 Å². The lowest BCUT2D eigenvalue weighted by Gasteiger charge is -1.98. The fourth-order valence-corrected chi connectivity index (χ4v) is 1.30. The van der Waals surface area contributed by atoms with Crippen LogP contribution in [0.15, 0.2) is 15.8 Å². The summed E-state index contributed by atoms with van der Waals surface area (Å²) in [7, 11) is 3.28. The van der Waals surface area contributed by atoms with Crippen molar-refractivity contribution in [1.82, 2.24) is 15.4 Å². The van der Waals surface area contributed by atoms with E-state index in [1.165, 1.54) is 18.0 Å². The van der Waals surface area contributed by atoms with Crippen molar-refractivity contribution >= 4 is 33.7 Å². The Hall–Kier alpha value is -0.700. The fourth-order valence-electron chi connectivity index (χ4n) is 0.599. The predicted octanol–water partition coefficient (Wildman–Crippen LogP) is 2.45. The number of halogens is 1. The Bertz CT molecular complexity index is 351. The van der Waals surface area contributed by atoms with Crippen LogP contribution in [-0.4, -0.2) is 41.5 Å². The number of thioether (sulfide) groups is 1. The number of aromatic carboxylic acids is 1. The van der Waals surface area contributed by atoms with Gasteiger partial charge in [-0.25, -0.2) is 20.2 Å². The molecule has 1 aromatic heterocycles. The smallest absolute Gasteiger partial charge is 0.355 e. The average Bonchev–Trinajstić information content (AvgIpc) is 2.41. The molecular formula is C10H18BrN3O3S. The van der Waals surface area contributed by atoms with Gasteiger partial charge in [-0.05, 0) is 22.2 Å². The molecule has 0 spiro atoms. The van der Waals surface area contributed by atoms with Gasteiger partial charge < -0.3 is 9.94 Å². The van der Waals surface area contributed by atoms with Crippen LogP contribution >= 0.6 is 27.7 Å². The highest BCUT2D eigenvalue weighted by Crippen LogP contribution is 2.16. The minimum atomic E-state index is -1.06. The Morgan fingerprint density at radius 3 is 2.39 bits per heavy atom. The largest absolute Gasteiger partial charge is 0.476 e. The maximum atomic E-state index is 10.6. The molecular weight excluding hydrogens is 322 g/mol. The Morgan fingerprint density at radius 1 is 1.56 bits per heavy atom. The molecule has 1 rings (SSSR count). The molecule has 18 heavy (non-hydrogen) atoms. The molecule has 1 aromatic rings. The van der Waals surface area contributed by atoms with E-state index in [2.05, 4.69) is 36.2 Å². The van der Waals surface area contributed by atoms with Gasteiger partial charge in [0.15, 0.2) is 10.9 Å². The van der Waals surface area contributed by atoms with E-state index < -0.39 is 5.97 Å². The molecule has 0 aliphatic heterocycles. The molecule has 104 valence electrons. The zero-order chi connectivity index (χ0) is 14.6. The molecule has 0 aromatic carbocycles. The highest BCUT2D eigenvalue weighted by molar-refractivity contribution is 9.10. The number of hydrogen-bond donors (Lipinski definition) is 2. The number of carbonyl (C=O) groups is 1. The Balaban J connectivity index is 0. The summed E-state index contributed by atoms with van der Waals surface area (Å²) in [5, 5.41) is 9.11. The number of hydrogen-bond acceptors (Lipinski definition) is 6. The van der Waals surface area contributed by atoms with Crippen molar-refractivity contribution in [3.8, 4) is 0 Å². The standard InChI is InChI=1S/C6H5BrN2O2S.C2H7NO.C2H6/c1-12-6-8-2-3(7)4(9-6)5(10)11;1-3-4-2;1-2/h2H,1H3,(H,10,11);3H,1-2H3;1-2H3. The molecule has 0 radical (unpaired) electrons. The van der Waals surface area contributed by atoms with Gasteiger partial charge in [-0.15, -0.1) is 0 Å². The zero-order valence-corrected chi connectivity index (χ0v) is 13.4. The molecule has 0 fully saturated rings. The summed E-state index contributed by atoms with van der Waals surface area (Å²) in [4.78, 5) is 22.5. The summed E-state index contributed by atoms with van der Waals surface area (Å²) in [6.07, 6.45) is 3.22. The van der Waals surface area contributed by atoms with E-state index in [0.717, 1.165) is 0 Å². The van der Waals surface area contributed by atoms with Gasteiger partial charge in [-0.2, -0.15) is 0 Å². The van der Waals surface area contributed by atoms with Gasteiger partial charge in [0.25, 0.3) is 0 Å². The first-order valence-electron chi connectivity index (χ1n) is 5.06. The molecule has 0 aliphatic carbocycles. The van der Waals surface area contributed by atoms with Crippen LogP contribution in [0.3, 0.4) is 0 Å². The highest BCUT2D eigenvalue weighted by atomic mass is 79.9. The zero-order valence-electron chi connectivity index (χ0n) is 11.0. The third-order valence-corrected chi connectivity index (χ3v) is 2.45. The summed E-state index contributed by atoms with van der Waals surface area (Å²) in [5.41, 5.74) is 2.43. The number of aromatic nitrogens is 2. The summed E-state index contributed by atoms with van der Waals surface area (Å²) >= 11 is 4.35. The Kier molecular flexibility index (Phi) is 13.9. The first-order chi connectivity index (χ1) is 8.56. The van der Waals surface area contributed by atoms with Gasteiger partial charge in [0.05, 0.1) is 11.6 Å². The van der Waals surface area contributed by atoms with Crippen molar-refractivity contribution in [3.63, 3.8) is 0 Å². The van der Waals surface area contributed by atoms with E-state index >= 15 is 0 Å². The van der Waals surface area contributed by atoms with Crippen molar-refractivity contribution in [2.45, 2.75) is 19.0 Å². The lowest BCUT2D eigenvalue weighted by Crippen LogP contribution is -2.03. The van der Waals surface area contributed by atoms with Crippen molar-refractivity contribution < 1.29 is 14.7 Å². The third-order valence-electron chi connectivity index (χ3n) is 1.31. The quantitative estimate of drug-likeness (QED) is 0.497. The van der Waals surface area contributed by atoms with E-state index in [1.807, 2.05) is 13.8 Å². The summed E-state index contributed by atoms with van der Waals surface area (Å²) in [6, 6.07) is 0. The van der Waals surface area contributed by atoms with Crippen molar-refractivity contribution in [2.75, 3.05) is 20.4 Å². The van der Waals surface area contributed by atoms with Crippen LogP contribution in [0.2, 0.25) is 0 Å². The topological polar surface area (TPSA) is 84.3 Å². The monoisotopic (exact) mass is 339 g/mol. The van der Waals surface area contributed by atoms with Crippen LogP contribution in [0.4, 0.5) is 0 Å². The van der Waals surface area contributed by atoms with Gasteiger partial charge in [0.2, 0.25) is 0 Å². The van der Waals surface area contributed by atoms with Crippen LogP contribution in [0.1, 0.15) is 24.3 Å². The predicted molar refractivity (Wildman–Crippen MR) is 75.9 cm³/mol. The average molecular weight is 340 g/mol. The highest BCUT2D eigenvalue weighted by Gasteiger charge is 2.11. The summed E-state index contributed by atoms with van der Waals surface area (Å²) in [5.74, 6) is -1.06. The fraction of sp³-hybridized carbons (Fsp3) is 0.500. The number of carboxylic acids is 1. The molecule has 0 saturated heterocycles. The van der Waals surface area contributed by atoms with Crippen LogP contribution in [0, 0.1) is 0 Å². The van der Waals surface area contributed by atoms with Gasteiger partial charge in [-0.3, -0.25) is 0 Å². The van der Waals surface area contributed by atoms with Gasteiger partial charge in [-0.1, -0.05) is 25.6 Å². The summed E-state index contributed by atoms with van der Waals surface area (Å²) < 4.78 is 0.396. The van der Waals surface area contributed by atoms with E-state index in [4.69, 9.17) is 5.11 Å². The first kappa shape index (κ1) is 19.6. The number of nitrogens with zero attached hydrogens (tertiary/aromatic N) is 2. The van der Waals surface area contributed by atoms with Crippen LogP contribution in [0.5, 0.6) is 0 Å².